The molecule has 3 rings (SSSR count). The van der Waals surface area contributed by atoms with Crippen LogP contribution in [0.15, 0.2) is 42.9 Å². The molecule has 0 aliphatic carbocycles. The molecular formula is C15H12N4O2. The lowest BCUT2D eigenvalue weighted by atomic mass is 10.1. The maximum atomic E-state index is 12.2. The Balaban J connectivity index is 1.85. The Morgan fingerprint density at radius 3 is 2.81 bits per heavy atom. The molecule has 2 aromatic heterocycles. The van der Waals surface area contributed by atoms with Gasteiger partial charge in [-0.25, -0.2) is 9.97 Å². The lowest BCUT2D eigenvalue weighted by Gasteiger charge is -2.06. The molecule has 6 nitrogen and oxygen atoms in total. The number of pyridine rings is 1. The number of anilines is 1. The highest BCUT2D eigenvalue weighted by Gasteiger charge is 2.09. The first-order chi connectivity index (χ1) is 10.1. The fourth-order valence-corrected chi connectivity index (χ4v) is 1.97. The van der Waals surface area contributed by atoms with Crippen molar-refractivity contribution < 1.29 is 9.59 Å². The molecule has 0 aliphatic rings. The number of H-pyrrole nitrogens is 1. The van der Waals surface area contributed by atoms with Gasteiger partial charge in [-0.15, -0.1) is 0 Å². The Bertz CT molecular complexity index is 838. The first-order valence-electron chi connectivity index (χ1n) is 6.35. The van der Waals surface area contributed by atoms with E-state index in [1.165, 1.54) is 19.4 Å². The number of hydrogen-bond acceptors (Lipinski definition) is 4. The van der Waals surface area contributed by atoms with Crippen LogP contribution in [-0.4, -0.2) is 26.6 Å². The molecule has 0 bridgehead atoms. The molecule has 2 N–H and O–H groups in total. The largest absolute Gasteiger partial charge is 0.343 e. The summed E-state index contributed by atoms with van der Waals surface area (Å²) in [4.78, 5) is 34.5. The van der Waals surface area contributed by atoms with Gasteiger partial charge in [0, 0.05) is 17.4 Å². The van der Waals surface area contributed by atoms with E-state index >= 15 is 0 Å². The van der Waals surface area contributed by atoms with E-state index in [9.17, 15) is 9.59 Å². The Morgan fingerprint density at radius 2 is 2.00 bits per heavy atom. The van der Waals surface area contributed by atoms with E-state index in [-0.39, 0.29) is 11.7 Å². The number of carbonyl (C=O) groups excluding carboxylic acids is 2. The number of aromatic nitrogens is 3. The normalized spacial score (nSPS) is 10.5. The van der Waals surface area contributed by atoms with Gasteiger partial charge in [-0.1, -0.05) is 12.1 Å². The van der Waals surface area contributed by atoms with Gasteiger partial charge in [-0.05, 0) is 25.1 Å². The highest BCUT2D eigenvalue weighted by atomic mass is 16.1. The van der Waals surface area contributed by atoms with Crippen LogP contribution in [0.5, 0.6) is 0 Å². The molecule has 1 aromatic carbocycles. The maximum absolute atomic E-state index is 12.2. The topological polar surface area (TPSA) is 87.7 Å². The summed E-state index contributed by atoms with van der Waals surface area (Å²) in [5, 5.41) is 2.74. The zero-order valence-electron chi connectivity index (χ0n) is 11.3. The van der Waals surface area contributed by atoms with E-state index in [0.717, 1.165) is 0 Å². The van der Waals surface area contributed by atoms with Crippen molar-refractivity contribution in [3.63, 3.8) is 0 Å². The Labute approximate surface area is 120 Å². The third-order valence-electron chi connectivity index (χ3n) is 3.06. The number of imidazole rings is 1. The number of amides is 1. The average molecular weight is 280 g/mol. The summed E-state index contributed by atoms with van der Waals surface area (Å²) >= 11 is 0. The molecule has 0 saturated heterocycles. The minimum absolute atomic E-state index is 0.0494. The molecular weight excluding hydrogens is 268 g/mol. The van der Waals surface area contributed by atoms with E-state index in [4.69, 9.17) is 0 Å². The minimum atomic E-state index is -0.292. The van der Waals surface area contributed by atoms with Crippen LogP contribution >= 0.6 is 0 Å². The number of ketones is 1. The number of hydrogen-bond donors (Lipinski definition) is 2. The number of fused-ring (bicyclic) bond motifs is 1. The maximum Gasteiger partial charge on any atom is 0.257 e. The van der Waals surface area contributed by atoms with E-state index in [1.807, 2.05) is 0 Å². The van der Waals surface area contributed by atoms with E-state index in [0.29, 0.717) is 28.0 Å². The number of rotatable bonds is 3. The molecule has 0 radical (unpaired) electrons. The van der Waals surface area contributed by atoms with Crippen molar-refractivity contribution in [2.45, 2.75) is 6.92 Å². The molecule has 0 spiro atoms. The van der Waals surface area contributed by atoms with Crippen LogP contribution in [0.4, 0.5) is 5.69 Å². The van der Waals surface area contributed by atoms with Crippen LogP contribution in [0.2, 0.25) is 0 Å². The van der Waals surface area contributed by atoms with Crippen LogP contribution in [0.25, 0.3) is 11.2 Å². The van der Waals surface area contributed by atoms with E-state index < -0.39 is 0 Å². The zero-order valence-corrected chi connectivity index (χ0v) is 11.3. The number of nitrogens with zero attached hydrogens (tertiary/aromatic N) is 2. The number of benzene rings is 1. The fourth-order valence-electron chi connectivity index (χ4n) is 1.97. The smallest absolute Gasteiger partial charge is 0.257 e. The number of Topliss-reactive ketones (excluding diaryl/α,β-unsaturated/α-hetero) is 1. The third kappa shape index (κ3) is 2.64. The van der Waals surface area contributed by atoms with Crippen LogP contribution < -0.4 is 5.32 Å². The summed E-state index contributed by atoms with van der Waals surface area (Å²) in [6, 6.07) is 8.48. The second-order valence-corrected chi connectivity index (χ2v) is 4.59. The summed E-state index contributed by atoms with van der Waals surface area (Å²) < 4.78 is 0. The second kappa shape index (κ2) is 5.16. The molecule has 3 aromatic rings. The molecule has 2 heterocycles. The van der Waals surface area contributed by atoms with Gasteiger partial charge >= 0.3 is 0 Å². The van der Waals surface area contributed by atoms with Crippen molar-refractivity contribution in [3.05, 3.63) is 54.0 Å². The van der Waals surface area contributed by atoms with Gasteiger partial charge in [0.05, 0.1) is 17.4 Å². The lowest BCUT2D eigenvalue weighted by Crippen LogP contribution is -2.12. The number of nitrogens with one attached hydrogen (secondary N) is 2. The van der Waals surface area contributed by atoms with Crippen LogP contribution in [0, 0.1) is 0 Å². The molecule has 0 unspecified atom stereocenters. The van der Waals surface area contributed by atoms with E-state index in [1.54, 1.807) is 30.3 Å². The average Bonchev–Trinajstić information content (AvgIpc) is 2.94. The quantitative estimate of drug-likeness (QED) is 0.721. The van der Waals surface area contributed by atoms with Crippen molar-refractivity contribution in [2.24, 2.45) is 0 Å². The molecule has 1 amide bonds. The van der Waals surface area contributed by atoms with Gasteiger partial charge in [-0.3, -0.25) is 9.59 Å². The minimum Gasteiger partial charge on any atom is -0.343 e. The van der Waals surface area contributed by atoms with Crippen molar-refractivity contribution in [3.8, 4) is 0 Å². The molecule has 0 fully saturated rings. The molecule has 0 atom stereocenters. The highest BCUT2D eigenvalue weighted by Crippen LogP contribution is 2.14. The predicted octanol–water partition coefficient (Wildman–Crippen LogP) is 2.41. The third-order valence-corrected chi connectivity index (χ3v) is 3.06. The van der Waals surface area contributed by atoms with Crippen molar-refractivity contribution in [1.82, 2.24) is 15.0 Å². The first-order valence-corrected chi connectivity index (χ1v) is 6.35. The van der Waals surface area contributed by atoms with Crippen molar-refractivity contribution in [1.29, 1.82) is 0 Å². The molecule has 104 valence electrons. The van der Waals surface area contributed by atoms with Gasteiger partial charge in [0.15, 0.2) is 11.4 Å². The Morgan fingerprint density at radius 1 is 1.14 bits per heavy atom. The molecule has 21 heavy (non-hydrogen) atoms. The Hall–Kier alpha value is -3.02. The van der Waals surface area contributed by atoms with Gasteiger partial charge in [0.1, 0.15) is 0 Å². The van der Waals surface area contributed by atoms with Gasteiger partial charge in [0.2, 0.25) is 0 Å². The summed E-state index contributed by atoms with van der Waals surface area (Å²) in [7, 11) is 0. The molecule has 6 heteroatoms. The zero-order chi connectivity index (χ0) is 14.8. The van der Waals surface area contributed by atoms with Gasteiger partial charge in [0.25, 0.3) is 5.91 Å². The van der Waals surface area contributed by atoms with Crippen molar-refractivity contribution in [2.75, 3.05) is 5.32 Å². The van der Waals surface area contributed by atoms with Gasteiger partial charge < -0.3 is 10.3 Å². The number of aromatic amines is 1. The van der Waals surface area contributed by atoms with E-state index in [2.05, 4.69) is 20.3 Å². The standard InChI is InChI=1S/C15H12N4O2/c1-9(20)10-3-2-4-12(5-10)19-15(21)11-6-13-14(16-7-11)18-8-17-13/h2-8H,1H3,(H,19,21)(H,16,17,18). The second-order valence-electron chi connectivity index (χ2n) is 4.59. The fraction of sp³-hybridized carbons (Fsp3) is 0.0667. The summed E-state index contributed by atoms with van der Waals surface area (Å²) in [5.74, 6) is -0.341. The lowest BCUT2D eigenvalue weighted by molar-refractivity contribution is 0.101. The summed E-state index contributed by atoms with van der Waals surface area (Å²) in [6.45, 7) is 1.48. The Kier molecular flexibility index (Phi) is 3.19. The predicted molar refractivity (Wildman–Crippen MR) is 78.3 cm³/mol. The summed E-state index contributed by atoms with van der Waals surface area (Å²) in [5.41, 5.74) is 2.79. The number of carbonyl (C=O) groups is 2. The summed E-state index contributed by atoms with van der Waals surface area (Å²) in [6.07, 6.45) is 2.99. The molecule has 0 saturated carbocycles. The highest BCUT2D eigenvalue weighted by molar-refractivity contribution is 6.06. The van der Waals surface area contributed by atoms with Gasteiger partial charge in [-0.2, -0.15) is 0 Å². The van der Waals surface area contributed by atoms with Crippen LogP contribution in [0.3, 0.4) is 0 Å². The first kappa shape index (κ1) is 13.0. The molecule has 0 aliphatic heterocycles. The SMILES string of the molecule is CC(=O)c1cccc(NC(=O)c2cnc3nc[nH]c3c2)c1. The monoisotopic (exact) mass is 280 g/mol. The van der Waals surface area contributed by atoms with Crippen LogP contribution in [-0.2, 0) is 0 Å². The van der Waals surface area contributed by atoms with Crippen LogP contribution in [0.1, 0.15) is 27.6 Å². The van der Waals surface area contributed by atoms with Crippen molar-refractivity contribution >= 4 is 28.5 Å².